The standard InChI is InChI=1S/C16H25N3OS.ClH/c1-2-21-13-14-3-5-15(6-4-14)16(20)18-9-12-19-10-7-17-8-11-19;/h3-6,17H,2,7-13H2,1H3,(H,18,20);1H. The molecule has 0 atom stereocenters. The molecule has 1 amide bonds. The third-order valence-corrected chi connectivity index (χ3v) is 4.56. The Morgan fingerprint density at radius 2 is 1.95 bits per heavy atom. The summed E-state index contributed by atoms with van der Waals surface area (Å²) in [4.78, 5) is 14.4. The Morgan fingerprint density at radius 1 is 1.27 bits per heavy atom. The van der Waals surface area contributed by atoms with E-state index in [2.05, 4.69) is 22.5 Å². The molecular formula is C16H26ClN3OS. The SMILES string of the molecule is CCSCc1ccc(C(=O)NCCN2CCNCC2)cc1.Cl. The fourth-order valence-electron chi connectivity index (χ4n) is 2.34. The van der Waals surface area contributed by atoms with Crippen LogP contribution in [0.1, 0.15) is 22.8 Å². The lowest BCUT2D eigenvalue weighted by Gasteiger charge is -2.27. The van der Waals surface area contributed by atoms with Gasteiger partial charge in [-0.1, -0.05) is 19.1 Å². The molecule has 1 aromatic carbocycles. The predicted molar refractivity (Wildman–Crippen MR) is 97.2 cm³/mol. The molecule has 124 valence electrons. The van der Waals surface area contributed by atoms with Crippen LogP contribution in [0.2, 0.25) is 0 Å². The Hall–Kier alpha value is -0.750. The number of hydrogen-bond acceptors (Lipinski definition) is 4. The van der Waals surface area contributed by atoms with Gasteiger partial charge in [-0.15, -0.1) is 12.4 Å². The third kappa shape index (κ3) is 6.57. The highest BCUT2D eigenvalue weighted by atomic mass is 35.5. The van der Waals surface area contributed by atoms with Crippen LogP contribution in [0.15, 0.2) is 24.3 Å². The minimum absolute atomic E-state index is 0. The number of thioether (sulfide) groups is 1. The number of carbonyl (C=O) groups is 1. The first-order chi connectivity index (χ1) is 10.3. The molecule has 1 aromatic rings. The summed E-state index contributed by atoms with van der Waals surface area (Å²) in [5, 5.41) is 6.33. The van der Waals surface area contributed by atoms with Crippen LogP contribution in [0.5, 0.6) is 0 Å². The molecule has 1 aliphatic heterocycles. The number of rotatable bonds is 7. The van der Waals surface area contributed by atoms with Crippen molar-refractivity contribution < 1.29 is 4.79 Å². The van der Waals surface area contributed by atoms with Gasteiger partial charge < -0.3 is 10.6 Å². The van der Waals surface area contributed by atoms with Gasteiger partial charge in [0, 0.05) is 50.6 Å². The van der Waals surface area contributed by atoms with E-state index in [4.69, 9.17) is 0 Å². The van der Waals surface area contributed by atoms with E-state index >= 15 is 0 Å². The first-order valence-corrected chi connectivity index (χ1v) is 8.83. The zero-order valence-corrected chi connectivity index (χ0v) is 14.8. The van der Waals surface area contributed by atoms with E-state index in [9.17, 15) is 4.79 Å². The van der Waals surface area contributed by atoms with Gasteiger partial charge in [0.15, 0.2) is 0 Å². The molecule has 0 aliphatic carbocycles. The van der Waals surface area contributed by atoms with Gasteiger partial charge in [-0.05, 0) is 23.4 Å². The van der Waals surface area contributed by atoms with E-state index in [1.54, 1.807) is 0 Å². The Bertz CT molecular complexity index is 436. The molecule has 0 spiro atoms. The van der Waals surface area contributed by atoms with Gasteiger partial charge in [0.05, 0.1) is 0 Å². The Morgan fingerprint density at radius 3 is 2.59 bits per heavy atom. The fourth-order valence-corrected chi connectivity index (χ4v) is 2.97. The Labute approximate surface area is 143 Å². The molecular weight excluding hydrogens is 318 g/mol. The van der Waals surface area contributed by atoms with E-state index in [0.717, 1.165) is 49.8 Å². The van der Waals surface area contributed by atoms with E-state index in [1.807, 2.05) is 36.0 Å². The van der Waals surface area contributed by atoms with Crippen molar-refractivity contribution >= 4 is 30.1 Å². The summed E-state index contributed by atoms with van der Waals surface area (Å²) in [5.74, 6) is 2.16. The molecule has 0 bridgehead atoms. The number of nitrogens with zero attached hydrogens (tertiary/aromatic N) is 1. The van der Waals surface area contributed by atoms with Crippen LogP contribution in [-0.4, -0.2) is 55.8 Å². The van der Waals surface area contributed by atoms with Crippen molar-refractivity contribution in [3.05, 3.63) is 35.4 Å². The van der Waals surface area contributed by atoms with Crippen LogP contribution in [0.4, 0.5) is 0 Å². The van der Waals surface area contributed by atoms with Gasteiger partial charge in [-0.25, -0.2) is 0 Å². The molecule has 2 N–H and O–H groups in total. The summed E-state index contributed by atoms with van der Waals surface area (Å²) in [5.41, 5.74) is 2.03. The molecule has 1 fully saturated rings. The summed E-state index contributed by atoms with van der Waals surface area (Å²) in [6, 6.07) is 7.94. The fraction of sp³-hybridized carbons (Fsp3) is 0.562. The zero-order chi connectivity index (χ0) is 14.9. The van der Waals surface area contributed by atoms with Crippen LogP contribution < -0.4 is 10.6 Å². The molecule has 0 saturated carbocycles. The van der Waals surface area contributed by atoms with Gasteiger partial charge >= 0.3 is 0 Å². The second-order valence-corrected chi connectivity index (χ2v) is 6.46. The molecule has 0 radical (unpaired) electrons. The van der Waals surface area contributed by atoms with Crippen LogP contribution >= 0.6 is 24.2 Å². The molecule has 22 heavy (non-hydrogen) atoms. The summed E-state index contributed by atoms with van der Waals surface area (Å²) in [7, 11) is 0. The first kappa shape index (κ1) is 19.3. The van der Waals surface area contributed by atoms with E-state index in [0.29, 0.717) is 6.54 Å². The smallest absolute Gasteiger partial charge is 0.251 e. The molecule has 1 heterocycles. The van der Waals surface area contributed by atoms with Crippen LogP contribution in [0.25, 0.3) is 0 Å². The Balaban J connectivity index is 0.00000242. The maximum atomic E-state index is 12.1. The van der Waals surface area contributed by atoms with Gasteiger partial charge in [0.1, 0.15) is 0 Å². The number of piperazine rings is 1. The maximum Gasteiger partial charge on any atom is 0.251 e. The summed E-state index contributed by atoms with van der Waals surface area (Å²) < 4.78 is 0. The molecule has 0 unspecified atom stereocenters. The molecule has 6 heteroatoms. The monoisotopic (exact) mass is 343 g/mol. The normalized spacial score (nSPS) is 15.1. The Kier molecular flexibility index (Phi) is 9.55. The van der Waals surface area contributed by atoms with E-state index in [1.165, 1.54) is 5.56 Å². The summed E-state index contributed by atoms with van der Waals surface area (Å²) >= 11 is 1.89. The average Bonchev–Trinajstić information content (AvgIpc) is 2.54. The van der Waals surface area contributed by atoms with Crippen molar-refractivity contribution in [2.24, 2.45) is 0 Å². The highest BCUT2D eigenvalue weighted by Gasteiger charge is 2.10. The van der Waals surface area contributed by atoms with Crippen molar-refractivity contribution in [2.45, 2.75) is 12.7 Å². The largest absolute Gasteiger partial charge is 0.351 e. The lowest BCUT2D eigenvalue weighted by molar-refractivity contribution is 0.0947. The quantitative estimate of drug-likeness (QED) is 0.794. The van der Waals surface area contributed by atoms with Gasteiger partial charge in [0.2, 0.25) is 0 Å². The van der Waals surface area contributed by atoms with Gasteiger partial charge in [0.25, 0.3) is 5.91 Å². The number of nitrogens with one attached hydrogen (secondary N) is 2. The second-order valence-electron chi connectivity index (χ2n) is 5.18. The highest BCUT2D eigenvalue weighted by Crippen LogP contribution is 2.12. The lowest BCUT2D eigenvalue weighted by Crippen LogP contribution is -2.46. The number of benzene rings is 1. The maximum absolute atomic E-state index is 12.1. The topological polar surface area (TPSA) is 44.4 Å². The first-order valence-electron chi connectivity index (χ1n) is 7.67. The molecule has 1 saturated heterocycles. The molecule has 1 aliphatic rings. The van der Waals surface area contributed by atoms with Crippen molar-refractivity contribution in [1.29, 1.82) is 0 Å². The zero-order valence-electron chi connectivity index (χ0n) is 13.1. The number of amides is 1. The van der Waals surface area contributed by atoms with Crippen LogP contribution in [-0.2, 0) is 5.75 Å². The molecule has 2 rings (SSSR count). The highest BCUT2D eigenvalue weighted by molar-refractivity contribution is 7.98. The van der Waals surface area contributed by atoms with Gasteiger partial charge in [-0.2, -0.15) is 11.8 Å². The number of halogens is 1. The third-order valence-electron chi connectivity index (χ3n) is 3.61. The van der Waals surface area contributed by atoms with Crippen LogP contribution in [0, 0.1) is 0 Å². The molecule has 0 aromatic heterocycles. The van der Waals surface area contributed by atoms with Crippen LogP contribution in [0.3, 0.4) is 0 Å². The second kappa shape index (κ2) is 10.9. The van der Waals surface area contributed by atoms with Crippen molar-refractivity contribution in [3.8, 4) is 0 Å². The molecule has 4 nitrogen and oxygen atoms in total. The minimum atomic E-state index is 0. The van der Waals surface area contributed by atoms with Crippen molar-refractivity contribution in [1.82, 2.24) is 15.5 Å². The van der Waals surface area contributed by atoms with Gasteiger partial charge in [-0.3, -0.25) is 9.69 Å². The minimum Gasteiger partial charge on any atom is -0.351 e. The van der Waals surface area contributed by atoms with E-state index < -0.39 is 0 Å². The average molecular weight is 344 g/mol. The van der Waals surface area contributed by atoms with E-state index in [-0.39, 0.29) is 18.3 Å². The lowest BCUT2D eigenvalue weighted by atomic mass is 10.1. The summed E-state index contributed by atoms with van der Waals surface area (Å²) in [6.07, 6.45) is 0. The number of hydrogen-bond donors (Lipinski definition) is 2. The number of carbonyl (C=O) groups excluding carboxylic acids is 1. The van der Waals surface area contributed by atoms with Crippen molar-refractivity contribution in [2.75, 3.05) is 45.0 Å². The predicted octanol–water partition coefficient (Wildman–Crippen LogP) is 2.00. The van der Waals surface area contributed by atoms with Crippen molar-refractivity contribution in [3.63, 3.8) is 0 Å². The summed E-state index contributed by atoms with van der Waals surface area (Å²) in [6.45, 7) is 8.03.